The summed E-state index contributed by atoms with van der Waals surface area (Å²) in [6, 6.07) is 6.84. The van der Waals surface area contributed by atoms with Crippen LogP contribution in [0.4, 0.5) is 5.69 Å². The molecule has 0 radical (unpaired) electrons. The molecule has 0 aromatic heterocycles. The molecule has 0 heterocycles. The number of nitrogens with zero attached hydrogens (tertiary/aromatic N) is 2. The predicted molar refractivity (Wildman–Crippen MR) is 60.5 cm³/mol. The Bertz CT molecular complexity index is 373. The van der Waals surface area contributed by atoms with Crippen molar-refractivity contribution in [3.8, 4) is 0 Å². The number of carbonyl (C=O) groups is 1. The fourth-order valence-electron chi connectivity index (χ4n) is 0.967. The number of hydrogen-bond donors (Lipinski definition) is 2. The number of hydrogen-bond acceptors (Lipinski definition) is 3. The first-order valence-corrected chi connectivity index (χ1v) is 4.45. The molecule has 0 saturated heterocycles. The summed E-state index contributed by atoms with van der Waals surface area (Å²) in [5.41, 5.74) is 8.87. The lowest BCUT2D eigenvalue weighted by molar-refractivity contribution is 0.0955. The van der Waals surface area contributed by atoms with E-state index in [9.17, 15) is 4.79 Å². The number of amides is 1. The Morgan fingerprint density at radius 1 is 1.47 bits per heavy atom. The molecule has 0 spiro atoms. The predicted octanol–water partition coefficient (Wildman–Crippen LogP) is 0.503. The van der Waals surface area contributed by atoms with Crippen molar-refractivity contribution in [2.45, 2.75) is 0 Å². The maximum atomic E-state index is 11.5. The van der Waals surface area contributed by atoms with Crippen LogP contribution in [-0.2, 0) is 0 Å². The normalized spacial score (nSPS) is 10.3. The molecule has 1 aromatic carbocycles. The van der Waals surface area contributed by atoms with Gasteiger partial charge in [-0.2, -0.15) is 5.10 Å². The smallest absolute Gasteiger partial charge is 0.273 e. The first-order valence-electron chi connectivity index (χ1n) is 4.45. The number of nitrogens with one attached hydrogen (secondary N) is 1. The minimum absolute atomic E-state index is 0.314. The lowest BCUT2D eigenvalue weighted by Crippen LogP contribution is -2.21. The molecule has 15 heavy (non-hydrogen) atoms. The Labute approximate surface area is 88.6 Å². The van der Waals surface area contributed by atoms with E-state index in [0.717, 1.165) is 0 Å². The molecular weight excluding hydrogens is 192 g/mol. The van der Waals surface area contributed by atoms with Gasteiger partial charge in [0, 0.05) is 19.8 Å². The quantitative estimate of drug-likeness (QED) is 0.327. The molecule has 80 valence electrons. The highest BCUT2D eigenvalue weighted by atomic mass is 16.2. The van der Waals surface area contributed by atoms with Gasteiger partial charge in [-0.3, -0.25) is 4.79 Å². The third kappa shape index (κ3) is 3.30. The number of anilines is 1. The monoisotopic (exact) mass is 206 g/mol. The van der Waals surface area contributed by atoms with Crippen molar-refractivity contribution in [3.63, 3.8) is 0 Å². The second-order valence-electron chi connectivity index (χ2n) is 3.24. The van der Waals surface area contributed by atoms with Gasteiger partial charge in [0.15, 0.2) is 0 Å². The molecule has 3 N–H and O–H groups in total. The van der Waals surface area contributed by atoms with Crippen LogP contribution in [0.2, 0.25) is 0 Å². The molecule has 5 heteroatoms. The lowest BCUT2D eigenvalue weighted by Gasteiger charge is -2.04. The number of nitrogen functional groups attached to an aromatic ring is 1. The molecule has 0 bridgehead atoms. The van der Waals surface area contributed by atoms with E-state index in [1.807, 2.05) is 14.1 Å². The Morgan fingerprint density at radius 3 is 2.73 bits per heavy atom. The van der Waals surface area contributed by atoms with Crippen LogP contribution < -0.4 is 11.2 Å². The summed E-state index contributed by atoms with van der Waals surface area (Å²) in [7, 11) is 3.62. The van der Waals surface area contributed by atoms with E-state index in [1.165, 1.54) is 6.34 Å². The zero-order valence-corrected chi connectivity index (χ0v) is 8.77. The molecule has 0 atom stereocenters. The fraction of sp³-hybridized carbons (Fsp3) is 0.200. The van der Waals surface area contributed by atoms with Gasteiger partial charge in [-0.1, -0.05) is 12.1 Å². The summed E-state index contributed by atoms with van der Waals surface area (Å²) in [4.78, 5) is 13.2. The second kappa shape index (κ2) is 4.99. The number of carbonyl (C=O) groups excluding carboxylic acids is 1. The average molecular weight is 206 g/mol. The molecule has 1 rings (SSSR count). The van der Waals surface area contributed by atoms with Gasteiger partial charge in [-0.05, 0) is 12.1 Å². The van der Waals surface area contributed by atoms with E-state index in [2.05, 4.69) is 10.5 Å². The van der Waals surface area contributed by atoms with Gasteiger partial charge in [-0.15, -0.1) is 0 Å². The SMILES string of the molecule is CN(C)/C=N/NC(=O)c1ccccc1N. The molecule has 0 saturated carbocycles. The molecule has 1 amide bonds. The molecule has 5 nitrogen and oxygen atoms in total. The van der Waals surface area contributed by atoms with Crippen molar-refractivity contribution in [3.05, 3.63) is 29.8 Å². The molecule has 0 aliphatic rings. The summed E-state index contributed by atoms with van der Waals surface area (Å²) in [6.07, 6.45) is 1.50. The largest absolute Gasteiger partial charge is 0.398 e. The topological polar surface area (TPSA) is 70.7 Å². The van der Waals surface area contributed by atoms with Crippen LogP contribution in [0, 0.1) is 0 Å². The lowest BCUT2D eigenvalue weighted by atomic mass is 10.2. The average Bonchev–Trinajstić information content (AvgIpc) is 2.17. The Kier molecular flexibility index (Phi) is 3.68. The standard InChI is InChI=1S/C10H14N4O/c1-14(2)7-12-13-10(15)8-5-3-4-6-9(8)11/h3-7H,11H2,1-2H3,(H,13,15)/b12-7+. The maximum Gasteiger partial charge on any atom is 0.273 e. The molecular formula is C10H14N4O. The third-order valence-corrected chi connectivity index (χ3v) is 1.66. The van der Waals surface area contributed by atoms with Crippen molar-refractivity contribution >= 4 is 17.9 Å². The molecule has 0 aliphatic heterocycles. The summed E-state index contributed by atoms with van der Waals surface area (Å²) >= 11 is 0. The Balaban J connectivity index is 2.66. The molecule has 0 aliphatic carbocycles. The van der Waals surface area contributed by atoms with Gasteiger partial charge >= 0.3 is 0 Å². The number of nitrogens with two attached hydrogens (primary N) is 1. The van der Waals surface area contributed by atoms with Crippen LogP contribution in [-0.4, -0.2) is 31.2 Å². The van der Waals surface area contributed by atoms with Crippen molar-refractivity contribution in [2.24, 2.45) is 5.10 Å². The van der Waals surface area contributed by atoms with Crippen LogP contribution in [0.1, 0.15) is 10.4 Å². The van der Waals surface area contributed by atoms with Crippen LogP contribution in [0.25, 0.3) is 0 Å². The van der Waals surface area contributed by atoms with Gasteiger partial charge in [0.1, 0.15) is 6.34 Å². The Morgan fingerprint density at radius 2 is 2.13 bits per heavy atom. The zero-order valence-electron chi connectivity index (χ0n) is 8.77. The third-order valence-electron chi connectivity index (χ3n) is 1.66. The van der Waals surface area contributed by atoms with E-state index in [1.54, 1.807) is 29.2 Å². The van der Waals surface area contributed by atoms with Crippen LogP contribution in [0.15, 0.2) is 29.4 Å². The van der Waals surface area contributed by atoms with Crippen molar-refractivity contribution in [1.82, 2.24) is 10.3 Å². The van der Waals surface area contributed by atoms with E-state index in [4.69, 9.17) is 5.73 Å². The molecule has 0 fully saturated rings. The first kappa shape index (κ1) is 11.0. The van der Waals surface area contributed by atoms with Crippen LogP contribution >= 0.6 is 0 Å². The van der Waals surface area contributed by atoms with Crippen molar-refractivity contribution in [1.29, 1.82) is 0 Å². The van der Waals surface area contributed by atoms with Gasteiger partial charge in [0.05, 0.1) is 5.56 Å². The zero-order chi connectivity index (χ0) is 11.3. The van der Waals surface area contributed by atoms with Crippen molar-refractivity contribution in [2.75, 3.05) is 19.8 Å². The number of para-hydroxylation sites is 1. The van der Waals surface area contributed by atoms with E-state index >= 15 is 0 Å². The van der Waals surface area contributed by atoms with E-state index in [-0.39, 0.29) is 5.91 Å². The molecule has 0 unspecified atom stereocenters. The highest BCUT2D eigenvalue weighted by molar-refractivity contribution is 5.99. The summed E-state index contributed by atoms with van der Waals surface area (Å²) in [5, 5.41) is 3.73. The fourth-order valence-corrected chi connectivity index (χ4v) is 0.967. The molecule has 1 aromatic rings. The highest BCUT2D eigenvalue weighted by Gasteiger charge is 2.06. The van der Waals surface area contributed by atoms with Gasteiger partial charge in [0.2, 0.25) is 0 Å². The van der Waals surface area contributed by atoms with E-state index in [0.29, 0.717) is 11.3 Å². The van der Waals surface area contributed by atoms with Gasteiger partial charge < -0.3 is 10.6 Å². The summed E-state index contributed by atoms with van der Waals surface area (Å²) in [6.45, 7) is 0. The first-order chi connectivity index (χ1) is 7.11. The van der Waals surface area contributed by atoms with E-state index < -0.39 is 0 Å². The van der Waals surface area contributed by atoms with Crippen LogP contribution in [0.5, 0.6) is 0 Å². The minimum atomic E-state index is -0.314. The highest BCUT2D eigenvalue weighted by Crippen LogP contribution is 2.09. The second-order valence-corrected chi connectivity index (χ2v) is 3.24. The number of hydrazone groups is 1. The van der Waals surface area contributed by atoms with Crippen molar-refractivity contribution < 1.29 is 4.79 Å². The van der Waals surface area contributed by atoms with Gasteiger partial charge in [0.25, 0.3) is 5.91 Å². The summed E-state index contributed by atoms with van der Waals surface area (Å²) < 4.78 is 0. The van der Waals surface area contributed by atoms with Gasteiger partial charge in [-0.25, -0.2) is 5.43 Å². The maximum absolute atomic E-state index is 11.5. The number of benzene rings is 1. The van der Waals surface area contributed by atoms with Crippen LogP contribution in [0.3, 0.4) is 0 Å². The summed E-state index contributed by atoms with van der Waals surface area (Å²) in [5.74, 6) is -0.314. The minimum Gasteiger partial charge on any atom is -0.398 e. The Hall–Kier alpha value is -2.04. The number of rotatable bonds is 3.